The number of rotatable bonds is 9. The molecule has 0 amide bonds. The molecule has 170 valence electrons. The molecule has 0 atom stereocenters. The minimum Gasteiger partial charge on any atom is -0.493 e. The van der Waals surface area contributed by atoms with E-state index in [4.69, 9.17) is 4.74 Å². The first kappa shape index (κ1) is 23.5. The maximum Gasteiger partial charge on any atom is 0.419 e. The molecule has 1 N–H and O–H groups in total. The maximum absolute atomic E-state index is 13.6. The van der Waals surface area contributed by atoms with Gasteiger partial charge in [-0.2, -0.15) is 18.4 Å². The molecule has 0 radical (unpaired) electrons. The molecule has 7 nitrogen and oxygen atoms in total. The van der Waals surface area contributed by atoms with Gasteiger partial charge in [0.05, 0.1) is 29.7 Å². The van der Waals surface area contributed by atoms with Gasteiger partial charge in [0, 0.05) is 31.7 Å². The SMILES string of the molecule is CCOc1ccc(-c2cc3c(ncn3CCNCCN(C)C)c(C#N)n2)cc1C(F)(F)F. The summed E-state index contributed by atoms with van der Waals surface area (Å²) >= 11 is 0. The van der Waals surface area contributed by atoms with Crippen LogP contribution in [0.15, 0.2) is 30.6 Å². The van der Waals surface area contributed by atoms with Gasteiger partial charge in [-0.15, -0.1) is 0 Å². The second-order valence-electron chi connectivity index (χ2n) is 7.47. The zero-order valence-electron chi connectivity index (χ0n) is 18.2. The summed E-state index contributed by atoms with van der Waals surface area (Å²) < 4.78 is 47.7. The van der Waals surface area contributed by atoms with E-state index in [1.165, 1.54) is 12.1 Å². The quantitative estimate of drug-likeness (QED) is 0.507. The Kier molecular flexibility index (Phi) is 7.33. The molecular formula is C22H25F3N6O. The van der Waals surface area contributed by atoms with Gasteiger partial charge in [-0.3, -0.25) is 0 Å². The Morgan fingerprint density at radius 2 is 2.00 bits per heavy atom. The van der Waals surface area contributed by atoms with E-state index in [0.717, 1.165) is 19.2 Å². The van der Waals surface area contributed by atoms with Crippen molar-refractivity contribution in [3.63, 3.8) is 0 Å². The molecule has 0 aliphatic carbocycles. The van der Waals surface area contributed by atoms with Crippen molar-refractivity contribution < 1.29 is 17.9 Å². The number of fused-ring (bicyclic) bond motifs is 1. The third kappa shape index (κ3) is 5.36. The number of alkyl halides is 3. The van der Waals surface area contributed by atoms with Crippen LogP contribution in [0.1, 0.15) is 18.2 Å². The maximum atomic E-state index is 13.6. The molecule has 2 aromatic heterocycles. The number of nitrogens with zero attached hydrogens (tertiary/aromatic N) is 5. The van der Waals surface area contributed by atoms with Crippen molar-refractivity contribution in [1.29, 1.82) is 5.26 Å². The average Bonchev–Trinajstić information content (AvgIpc) is 3.15. The second-order valence-corrected chi connectivity index (χ2v) is 7.47. The standard InChI is InChI=1S/C22H25F3N6O/c1-4-32-20-6-5-15(11-16(20)22(23,24)25)17-12-19-21(18(13-26)29-17)28-14-31(19)10-8-27-7-9-30(2)3/h5-6,11-12,14,27H,4,7-10H2,1-3H3. The van der Waals surface area contributed by atoms with E-state index in [1.54, 1.807) is 19.3 Å². The summed E-state index contributed by atoms with van der Waals surface area (Å²) in [5, 5.41) is 12.9. The Morgan fingerprint density at radius 1 is 1.22 bits per heavy atom. The number of imidazole rings is 1. The van der Waals surface area contributed by atoms with E-state index in [2.05, 4.69) is 20.2 Å². The van der Waals surface area contributed by atoms with Gasteiger partial charge in [-0.05, 0) is 45.3 Å². The summed E-state index contributed by atoms with van der Waals surface area (Å²) in [5.74, 6) is -0.237. The highest BCUT2D eigenvalue weighted by Crippen LogP contribution is 2.39. The van der Waals surface area contributed by atoms with Crippen LogP contribution in [0, 0.1) is 11.3 Å². The molecule has 32 heavy (non-hydrogen) atoms. The highest BCUT2D eigenvalue weighted by molar-refractivity contribution is 5.84. The number of benzene rings is 1. The first-order valence-corrected chi connectivity index (χ1v) is 10.2. The number of nitriles is 1. The van der Waals surface area contributed by atoms with E-state index < -0.39 is 11.7 Å². The van der Waals surface area contributed by atoms with E-state index >= 15 is 0 Å². The molecule has 0 aliphatic rings. The third-order valence-corrected chi connectivity index (χ3v) is 4.86. The molecule has 1 aromatic carbocycles. The van der Waals surface area contributed by atoms with Crippen molar-refractivity contribution >= 4 is 11.0 Å². The molecule has 0 unspecified atom stereocenters. The van der Waals surface area contributed by atoms with Crippen molar-refractivity contribution in [3.8, 4) is 23.1 Å². The van der Waals surface area contributed by atoms with Gasteiger partial charge in [0.2, 0.25) is 0 Å². The smallest absolute Gasteiger partial charge is 0.419 e. The molecule has 10 heteroatoms. The van der Waals surface area contributed by atoms with Crippen LogP contribution < -0.4 is 10.1 Å². The van der Waals surface area contributed by atoms with Crippen molar-refractivity contribution in [1.82, 2.24) is 24.8 Å². The van der Waals surface area contributed by atoms with Crippen molar-refractivity contribution in [2.75, 3.05) is 40.3 Å². The monoisotopic (exact) mass is 446 g/mol. The molecule has 0 aliphatic heterocycles. The minimum absolute atomic E-state index is 0.0688. The molecule has 0 saturated heterocycles. The van der Waals surface area contributed by atoms with Crippen LogP contribution >= 0.6 is 0 Å². The van der Waals surface area contributed by atoms with Gasteiger partial charge in [-0.25, -0.2) is 9.97 Å². The van der Waals surface area contributed by atoms with Crippen LogP contribution in [-0.4, -0.2) is 59.8 Å². The summed E-state index contributed by atoms with van der Waals surface area (Å²) in [4.78, 5) is 10.6. The Balaban J connectivity index is 1.96. The number of hydrogen-bond donors (Lipinski definition) is 1. The molecule has 3 aromatic rings. The van der Waals surface area contributed by atoms with E-state index in [-0.39, 0.29) is 29.3 Å². The summed E-state index contributed by atoms with van der Waals surface area (Å²) in [6, 6.07) is 7.47. The molecule has 3 rings (SSSR count). The van der Waals surface area contributed by atoms with Crippen molar-refractivity contribution in [3.05, 3.63) is 41.9 Å². The summed E-state index contributed by atoms with van der Waals surface area (Å²) in [5.41, 5.74) is 0.769. The fraction of sp³-hybridized carbons (Fsp3) is 0.409. The lowest BCUT2D eigenvalue weighted by molar-refractivity contribution is -0.138. The van der Waals surface area contributed by atoms with Crippen LogP contribution in [0.2, 0.25) is 0 Å². The lowest BCUT2D eigenvalue weighted by Crippen LogP contribution is -2.28. The highest BCUT2D eigenvalue weighted by Gasteiger charge is 2.35. The fourth-order valence-corrected chi connectivity index (χ4v) is 3.28. The van der Waals surface area contributed by atoms with Crippen molar-refractivity contribution in [2.24, 2.45) is 0 Å². The van der Waals surface area contributed by atoms with Gasteiger partial charge in [0.1, 0.15) is 17.3 Å². The number of pyridine rings is 1. The van der Waals surface area contributed by atoms with Crippen LogP contribution in [0.25, 0.3) is 22.3 Å². The first-order valence-electron chi connectivity index (χ1n) is 10.2. The molecule has 2 heterocycles. The zero-order chi connectivity index (χ0) is 23.3. The fourth-order valence-electron chi connectivity index (χ4n) is 3.28. The molecular weight excluding hydrogens is 421 g/mol. The van der Waals surface area contributed by atoms with Crippen molar-refractivity contribution in [2.45, 2.75) is 19.6 Å². The lowest BCUT2D eigenvalue weighted by atomic mass is 10.1. The summed E-state index contributed by atoms with van der Waals surface area (Å²) in [6.45, 7) is 4.74. The summed E-state index contributed by atoms with van der Waals surface area (Å²) in [7, 11) is 3.99. The first-order chi connectivity index (χ1) is 15.2. The molecule has 0 fully saturated rings. The minimum atomic E-state index is -4.58. The Labute approximate surface area is 184 Å². The Bertz CT molecular complexity index is 1120. The van der Waals surface area contributed by atoms with Gasteiger partial charge in [-0.1, -0.05) is 0 Å². The highest BCUT2D eigenvalue weighted by atomic mass is 19.4. The average molecular weight is 446 g/mol. The van der Waals surface area contributed by atoms with E-state index in [0.29, 0.717) is 24.1 Å². The van der Waals surface area contributed by atoms with E-state index in [1.807, 2.05) is 24.7 Å². The van der Waals surface area contributed by atoms with Crippen LogP contribution in [0.3, 0.4) is 0 Å². The normalized spacial score (nSPS) is 11.8. The zero-order valence-corrected chi connectivity index (χ0v) is 18.2. The van der Waals surface area contributed by atoms with Gasteiger partial charge in [0.15, 0.2) is 5.69 Å². The van der Waals surface area contributed by atoms with Gasteiger partial charge >= 0.3 is 6.18 Å². The number of aromatic nitrogens is 3. The Morgan fingerprint density at radius 3 is 2.66 bits per heavy atom. The number of ether oxygens (including phenoxy) is 1. The number of hydrogen-bond acceptors (Lipinski definition) is 6. The van der Waals surface area contributed by atoms with E-state index in [9.17, 15) is 18.4 Å². The van der Waals surface area contributed by atoms with Crippen LogP contribution in [0.4, 0.5) is 13.2 Å². The van der Waals surface area contributed by atoms with Gasteiger partial charge in [0.25, 0.3) is 0 Å². The third-order valence-electron chi connectivity index (χ3n) is 4.86. The predicted octanol–water partition coefficient (Wildman–Crippen LogP) is 3.54. The number of halogens is 3. The number of likely N-dealkylation sites (N-methyl/N-ethyl adjacent to an activating group) is 1. The number of nitrogens with one attached hydrogen (secondary N) is 1. The Hall–Kier alpha value is -3.16. The lowest BCUT2D eigenvalue weighted by Gasteiger charge is -2.15. The topological polar surface area (TPSA) is 79.0 Å². The van der Waals surface area contributed by atoms with Crippen LogP contribution in [0.5, 0.6) is 5.75 Å². The predicted molar refractivity (Wildman–Crippen MR) is 115 cm³/mol. The second kappa shape index (κ2) is 9.97. The largest absolute Gasteiger partial charge is 0.493 e. The molecule has 0 spiro atoms. The summed E-state index contributed by atoms with van der Waals surface area (Å²) in [6.07, 6.45) is -2.97. The molecule has 0 bridgehead atoms. The molecule has 0 saturated carbocycles. The van der Waals surface area contributed by atoms with Crippen LogP contribution in [-0.2, 0) is 12.7 Å². The van der Waals surface area contributed by atoms with Gasteiger partial charge < -0.3 is 19.5 Å².